The van der Waals surface area contributed by atoms with E-state index in [9.17, 15) is 0 Å². The molecular formula is C20H27N3O. The summed E-state index contributed by atoms with van der Waals surface area (Å²) in [5, 5.41) is 4.19. The van der Waals surface area contributed by atoms with Gasteiger partial charge in [-0.05, 0) is 36.7 Å². The molecule has 4 rings (SSSR count). The van der Waals surface area contributed by atoms with Gasteiger partial charge in [0.05, 0.1) is 6.54 Å². The molecule has 128 valence electrons. The van der Waals surface area contributed by atoms with Crippen molar-refractivity contribution in [2.75, 3.05) is 0 Å². The Morgan fingerprint density at radius 3 is 2.58 bits per heavy atom. The Morgan fingerprint density at radius 2 is 1.92 bits per heavy atom. The van der Waals surface area contributed by atoms with E-state index in [1.54, 1.807) is 0 Å². The van der Waals surface area contributed by atoms with Gasteiger partial charge in [0.2, 0.25) is 5.89 Å². The number of hydrogen-bond acceptors (Lipinski definition) is 4. The lowest BCUT2D eigenvalue weighted by Gasteiger charge is -2.37. The van der Waals surface area contributed by atoms with E-state index in [2.05, 4.69) is 59.2 Å². The molecule has 1 aromatic heterocycles. The Morgan fingerprint density at radius 1 is 1.12 bits per heavy atom. The monoisotopic (exact) mass is 325 g/mol. The third kappa shape index (κ3) is 3.39. The molecule has 0 amide bonds. The Bertz CT molecular complexity index is 675. The van der Waals surface area contributed by atoms with Gasteiger partial charge in [-0.25, -0.2) is 0 Å². The van der Waals surface area contributed by atoms with E-state index in [1.165, 1.54) is 37.7 Å². The summed E-state index contributed by atoms with van der Waals surface area (Å²) < 4.78 is 5.56. The van der Waals surface area contributed by atoms with Crippen molar-refractivity contribution in [2.45, 2.75) is 71.0 Å². The maximum atomic E-state index is 5.56. The lowest BCUT2D eigenvalue weighted by molar-refractivity contribution is 0.0864. The highest BCUT2D eigenvalue weighted by molar-refractivity contribution is 5.15. The molecule has 1 heterocycles. The van der Waals surface area contributed by atoms with Crippen molar-refractivity contribution >= 4 is 0 Å². The molecule has 1 atom stereocenters. The number of rotatable bonds is 6. The second-order valence-electron chi connectivity index (χ2n) is 8.11. The van der Waals surface area contributed by atoms with E-state index in [-0.39, 0.29) is 0 Å². The highest BCUT2D eigenvalue weighted by Crippen LogP contribution is 2.42. The van der Waals surface area contributed by atoms with E-state index in [1.807, 2.05) is 0 Å². The van der Waals surface area contributed by atoms with Gasteiger partial charge in [0.25, 0.3) is 0 Å². The van der Waals surface area contributed by atoms with Crippen molar-refractivity contribution in [1.29, 1.82) is 0 Å². The van der Waals surface area contributed by atoms with Crippen LogP contribution in [0.1, 0.15) is 69.1 Å². The SMILES string of the molecule is CC1(C)CCCC1N(Cc1ccccc1)Cc1nc(C2CC2)no1. The zero-order chi connectivity index (χ0) is 16.6. The largest absolute Gasteiger partial charge is 0.338 e. The van der Waals surface area contributed by atoms with Crippen LogP contribution in [0.15, 0.2) is 34.9 Å². The van der Waals surface area contributed by atoms with Crippen LogP contribution >= 0.6 is 0 Å². The fourth-order valence-corrected chi connectivity index (χ4v) is 4.09. The van der Waals surface area contributed by atoms with Gasteiger partial charge in [-0.3, -0.25) is 4.90 Å². The molecule has 24 heavy (non-hydrogen) atoms. The van der Waals surface area contributed by atoms with Crippen LogP contribution < -0.4 is 0 Å². The Balaban J connectivity index is 1.54. The quantitative estimate of drug-likeness (QED) is 0.782. The Hall–Kier alpha value is -1.68. The zero-order valence-electron chi connectivity index (χ0n) is 14.7. The number of benzene rings is 1. The van der Waals surface area contributed by atoms with Gasteiger partial charge in [0, 0.05) is 18.5 Å². The number of hydrogen-bond donors (Lipinski definition) is 0. The van der Waals surface area contributed by atoms with Crippen LogP contribution in [0.4, 0.5) is 0 Å². The maximum absolute atomic E-state index is 5.56. The average molecular weight is 325 g/mol. The van der Waals surface area contributed by atoms with Crippen molar-refractivity contribution in [2.24, 2.45) is 5.41 Å². The first kappa shape index (κ1) is 15.8. The number of aromatic nitrogens is 2. The first-order valence-corrected chi connectivity index (χ1v) is 9.22. The van der Waals surface area contributed by atoms with Crippen LogP contribution in [0.25, 0.3) is 0 Å². The number of nitrogens with zero attached hydrogens (tertiary/aromatic N) is 3. The molecule has 1 unspecified atom stereocenters. The smallest absolute Gasteiger partial charge is 0.240 e. The van der Waals surface area contributed by atoms with E-state index < -0.39 is 0 Å². The van der Waals surface area contributed by atoms with Gasteiger partial charge in [-0.2, -0.15) is 4.98 Å². The summed E-state index contributed by atoms with van der Waals surface area (Å²) >= 11 is 0. The molecule has 2 aliphatic carbocycles. The van der Waals surface area contributed by atoms with Crippen LogP contribution in [0.3, 0.4) is 0 Å². The highest BCUT2D eigenvalue weighted by atomic mass is 16.5. The predicted octanol–water partition coefficient (Wildman–Crippen LogP) is 4.53. The second-order valence-corrected chi connectivity index (χ2v) is 8.11. The summed E-state index contributed by atoms with van der Waals surface area (Å²) in [5.41, 5.74) is 1.69. The van der Waals surface area contributed by atoms with E-state index >= 15 is 0 Å². The molecule has 0 aliphatic heterocycles. The summed E-state index contributed by atoms with van der Waals surface area (Å²) in [7, 11) is 0. The first-order chi connectivity index (χ1) is 11.6. The molecule has 0 spiro atoms. The summed E-state index contributed by atoms with van der Waals surface area (Å²) in [6.45, 7) is 6.48. The molecule has 2 saturated carbocycles. The third-order valence-electron chi connectivity index (χ3n) is 5.63. The minimum absolute atomic E-state index is 0.341. The summed E-state index contributed by atoms with van der Waals surface area (Å²) in [5.74, 6) is 2.24. The summed E-state index contributed by atoms with van der Waals surface area (Å²) in [6.07, 6.45) is 6.27. The lowest BCUT2D eigenvalue weighted by Crippen LogP contribution is -2.41. The van der Waals surface area contributed by atoms with Crippen molar-refractivity contribution in [3.05, 3.63) is 47.6 Å². The minimum Gasteiger partial charge on any atom is -0.338 e. The predicted molar refractivity (Wildman–Crippen MR) is 93.4 cm³/mol. The van der Waals surface area contributed by atoms with Crippen LogP contribution in [-0.2, 0) is 13.1 Å². The van der Waals surface area contributed by atoms with E-state index in [0.29, 0.717) is 17.4 Å². The van der Waals surface area contributed by atoms with Crippen LogP contribution in [0, 0.1) is 5.41 Å². The third-order valence-corrected chi connectivity index (χ3v) is 5.63. The van der Waals surface area contributed by atoms with Gasteiger partial charge >= 0.3 is 0 Å². The average Bonchev–Trinajstić information content (AvgIpc) is 3.21. The fourth-order valence-electron chi connectivity index (χ4n) is 4.09. The summed E-state index contributed by atoms with van der Waals surface area (Å²) in [4.78, 5) is 7.20. The van der Waals surface area contributed by atoms with Gasteiger partial charge in [-0.15, -0.1) is 0 Å². The lowest BCUT2D eigenvalue weighted by atomic mass is 9.86. The molecule has 4 nitrogen and oxygen atoms in total. The molecule has 0 saturated heterocycles. The van der Waals surface area contributed by atoms with E-state index in [4.69, 9.17) is 4.52 Å². The van der Waals surface area contributed by atoms with Crippen LogP contribution in [-0.4, -0.2) is 21.1 Å². The molecule has 0 radical (unpaired) electrons. The highest BCUT2D eigenvalue weighted by Gasteiger charge is 2.39. The van der Waals surface area contributed by atoms with Gasteiger partial charge in [-0.1, -0.05) is 55.8 Å². The van der Waals surface area contributed by atoms with Crippen LogP contribution in [0.5, 0.6) is 0 Å². The molecular weight excluding hydrogens is 298 g/mol. The van der Waals surface area contributed by atoms with Crippen molar-refractivity contribution in [3.8, 4) is 0 Å². The van der Waals surface area contributed by atoms with Gasteiger partial charge in [0.1, 0.15) is 0 Å². The van der Waals surface area contributed by atoms with Crippen LogP contribution in [0.2, 0.25) is 0 Å². The molecule has 4 heteroatoms. The Labute approximate surface area is 144 Å². The Kier molecular flexibility index (Phi) is 4.17. The van der Waals surface area contributed by atoms with Gasteiger partial charge in [0.15, 0.2) is 5.82 Å². The fraction of sp³-hybridized carbons (Fsp3) is 0.600. The first-order valence-electron chi connectivity index (χ1n) is 9.22. The van der Waals surface area contributed by atoms with Gasteiger partial charge < -0.3 is 4.52 Å². The normalized spacial score (nSPS) is 23.0. The molecule has 2 aliphatic rings. The van der Waals surface area contributed by atoms with Crippen molar-refractivity contribution in [1.82, 2.24) is 15.0 Å². The maximum Gasteiger partial charge on any atom is 0.240 e. The van der Waals surface area contributed by atoms with E-state index in [0.717, 1.165) is 24.8 Å². The molecule has 0 N–H and O–H groups in total. The molecule has 1 aromatic carbocycles. The second kappa shape index (κ2) is 6.32. The standard InChI is InChI=1S/C20H27N3O/c1-20(2)12-6-9-17(20)23(13-15-7-4-3-5-8-15)14-18-21-19(22-24-18)16-10-11-16/h3-5,7-8,16-17H,6,9-14H2,1-2H3. The molecule has 0 bridgehead atoms. The topological polar surface area (TPSA) is 42.2 Å². The van der Waals surface area contributed by atoms with Crippen molar-refractivity contribution in [3.63, 3.8) is 0 Å². The molecule has 2 aromatic rings. The molecule has 2 fully saturated rings. The zero-order valence-corrected chi connectivity index (χ0v) is 14.7. The van der Waals surface area contributed by atoms with Crippen molar-refractivity contribution < 1.29 is 4.52 Å². The minimum atomic E-state index is 0.341. The summed E-state index contributed by atoms with van der Waals surface area (Å²) in [6, 6.07) is 11.3.